The normalized spacial score (nSPS) is 15.6. The molecular weight excluding hydrogens is 502 g/mol. The molecule has 1 fully saturated rings. The van der Waals surface area contributed by atoms with Crippen molar-refractivity contribution in [2.45, 2.75) is 38.1 Å². The number of H-pyrrole nitrogens is 1. The van der Waals surface area contributed by atoms with Crippen LogP contribution in [-0.2, 0) is 16.0 Å². The molecule has 40 heavy (non-hydrogen) atoms. The fraction of sp³-hybridized carbons (Fsp3) is 0.242. The molecule has 0 aliphatic carbocycles. The van der Waals surface area contributed by atoms with Crippen LogP contribution in [0.3, 0.4) is 0 Å². The van der Waals surface area contributed by atoms with Gasteiger partial charge in [-0.05, 0) is 67.1 Å². The Kier molecular flexibility index (Phi) is 7.82. The minimum Gasteiger partial charge on any atom is -0.447 e. The molecule has 0 saturated carbocycles. The van der Waals surface area contributed by atoms with Gasteiger partial charge in [-0.2, -0.15) is 0 Å². The molecule has 7 heteroatoms. The molecule has 0 spiro atoms. The van der Waals surface area contributed by atoms with Gasteiger partial charge in [0.05, 0.1) is 6.04 Å². The molecule has 2 atom stereocenters. The number of carbonyl (C=O) groups excluding carboxylic acids is 3. The molecule has 2 heterocycles. The summed E-state index contributed by atoms with van der Waals surface area (Å²) in [7, 11) is 1.75. The van der Waals surface area contributed by atoms with Gasteiger partial charge in [0, 0.05) is 30.1 Å². The van der Waals surface area contributed by atoms with Gasteiger partial charge in [-0.3, -0.25) is 9.59 Å². The topological polar surface area (TPSA) is 82.7 Å². The fourth-order valence-electron chi connectivity index (χ4n) is 5.31. The third-order valence-electron chi connectivity index (χ3n) is 7.35. The van der Waals surface area contributed by atoms with E-state index in [1.807, 2.05) is 91.9 Å². The lowest BCUT2D eigenvalue weighted by Crippen LogP contribution is -2.40. The average molecular weight is 536 g/mol. The summed E-state index contributed by atoms with van der Waals surface area (Å²) in [6.07, 6.45) is 0.696. The number of cyclic esters (lactones) is 1. The van der Waals surface area contributed by atoms with Crippen LogP contribution >= 0.6 is 0 Å². The van der Waals surface area contributed by atoms with E-state index in [-0.39, 0.29) is 36.8 Å². The van der Waals surface area contributed by atoms with Gasteiger partial charge in [-0.15, -0.1) is 6.58 Å². The number of aromatic amines is 1. The number of carbonyl (C=O) groups is 3. The highest BCUT2D eigenvalue weighted by atomic mass is 16.6. The first-order chi connectivity index (χ1) is 19.3. The number of fused-ring (bicyclic) bond motifs is 1. The van der Waals surface area contributed by atoms with Gasteiger partial charge < -0.3 is 14.6 Å². The Morgan fingerprint density at radius 2 is 1.73 bits per heavy atom. The van der Waals surface area contributed by atoms with E-state index in [1.54, 1.807) is 11.9 Å². The number of hydrogen-bond acceptors (Lipinski definition) is 4. The minimum absolute atomic E-state index is 0.144. The maximum absolute atomic E-state index is 13.5. The highest BCUT2D eigenvalue weighted by Crippen LogP contribution is 2.32. The van der Waals surface area contributed by atoms with Crippen LogP contribution in [0.25, 0.3) is 10.9 Å². The Morgan fingerprint density at radius 1 is 1.02 bits per heavy atom. The molecule has 1 aromatic heterocycles. The minimum atomic E-state index is -0.591. The van der Waals surface area contributed by atoms with Crippen LogP contribution in [0.15, 0.2) is 97.1 Å². The lowest BCUT2D eigenvalue weighted by molar-refractivity contribution is -0.129. The first kappa shape index (κ1) is 26.9. The van der Waals surface area contributed by atoms with Gasteiger partial charge in [-0.25, -0.2) is 9.69 Å². The molecule has 3 aromatic carbocycles. The van der Waals surface area contributed by atoms with Crippen LogP contribution in [0.2, 0.25) is 0 Å². The quantitative estimate of drug-likeness (QED) is 0.249. The zero-order valence-corrected chi connectivity index (χ0v) is 22.8. The molecule has 4 aromatic rings. The molecule has 1 saturated heterocycles. The molecule has 3 amide bonds. The van der Waals surface area contributed by atoms with Crippen LogP contribution < -0.4 is 4.90 Å². The second-order valence-electron chi connectivity index (χ2n) is 10.5. The van der Waals surface area contributed by atoms with Crippen molar-refractivity contribution in [3.63, 3.8) is 0 Å². The van der Waals surface area contributed by atoms with E-state index in [1.165, 1.54) is 4.90 Å². The second-order valence-corrected chi connectivity index (χ2v) is 10.5. The number of nitrogens with one attached hydrogen (secondary N) is 1. The zero-order valence-electron chi connectivity index (χ0n) is 22.8. The Labute approximate surface area is 234 Å². The molecule has 5 rings (SSSR count). The van der Waals surface area contributed by atoms with E-state index < -0.39 is 6.09 Å². The van der Waals surface area contributed by atoms with Gasteiger partial charge in [0.25, 0.3) is 5.91 Å². The summed E-state index contributed by atoms with van der Waals surface area (Å²) < 4.78 is 5.28. The van der Waals surface area contributed by atoms with E-state index in [0.717, 1.165) is 33.3 Å². The van der Waals surface area contributed by atoms with Gasteiger partial charge in [0.1, 0.15) is 12.3 Å². The molecule has 204 valence electrons. The van der Waals surface area contributed by atoms with E-state index in [0.29, 0.717) is 18.5 Å². The maximum Gasteiger partial charge on any atom is 0.416 e. The number of allylic oxidation sites excluding steroid dienone is 1. The number of para-hydroxylation sites is 1. The summed E-state index contributed by atoms with van der Waals surface area (Å²) >= 11 is 0. The SMILES string of the molecule is C=C(C)C[C@H](CC(=O)N1C(=O)OC[C@H]1Cc1ccccc1)c1ccc2[nH]c(C(=O)N(C)c3ccccc3)cc2c1. The monoisotopic (exact) mass is 535 g/mol. The number of aromatic nitrogens is 1. The summed E-state index contributed by atoms with van der Waals surface area (Å²) in [4.78, 5) is 45.4. The largest absolute Gasteiger partial charge is 0.447 e. The van der Waals surface area contributed by atoms with Crippen molar-refractivity contribution in [3.05, 3.63) is 114 Å². The maximum atomic E-state index is 13.5. The summed E-state index contributed by atoms with van der Waals surface area (Å²) in [6, 6.07) is 26.7. The number of amides is 3. The Bertz CT molecular complexity index is 1540. The summed E-state index contributed by atoms with van der Waals surface area (Å²) in [6.45, 7) is 6.20. The highest BCUT2D eigenvalue weighted by Gasteiger charge is 2.38. The van der Waals surface area contributed by atoms with E-state index in [2.05, 4.69) is 11.6 Å². The average Bonchev–Trinajstić information content (AvgIpc) is 3.55. The lowest BCUT2D eigenvalue weighted by atomic mass is 9.88. The van der Waals surface area contributed by atoms with Crippen LogP contribution in [0.4, 0.5) is 10.5 Å². The van der Waals surface area contributed by atoms with Crippen molar-refractivity contribution in [2.75, 3.05) is 18.6 Å². The molecule has 7 nitrogen and oxygen atoms in total. The second kappa shape index (κ2) is 11.6. The first-order valence-electron chi connectivity index (χ1n) is 13.4. The summed E-state index contributed by atoms with van der Waals surface area (Å²) in [5.74, 6) is -0.583. The van der Waals surface area contributed by atoms with E-state index >= 15 is 0 Å². The Morgan fingerprint density at radius 3 is 2.42 bits per heavy atom. The number of rotatable bonds is 9. The van der Waals surface area contributed by atoms with Crippen LogP contribution in [0, 0.1) is 0 Å². The molecule has 1 aliphatic heterocycles. The highest BCUT2D eigenvalue weighted by molar-refractivity contribution is 6.07. The van der Waals surface area contributed by atoms with Gasteiger partial charge in [0.15, 0.2) is 0 Å². The van der Waals surface area contributed by atoms with E-state index in [4.69, 9.17) is 4.74 Å². The number of ether oxygens (including phenoxy) is 1. The Hall–Kier alpha value is -4.65. The third kappa shape index (κ3) is 5.83. The number of nitrogens with zero attached hydrogens (tertiary/aromatic N) is 2. The summed E-state index contributed by atoms with van der Waals surface area (Å²) in [5, 5.41) is 0.879. The molecule has 0 unspecified atom stereocenters. The van der Waals surface area contributed by atoms with Crippen molar-refractivity contribution in [1.29, 1.82) is 0 Å². The van der Waals surface area contributed by atoms with Crippen LogP contribution in [-0.4, -0.2) is 47.5 Å². The van der Waals surface area contributed by atoms with Crippen molar-refractivity contribution in [1.82, 2.24) is 9.88 Å². The van der Waals surface area contributed by atoms with Crippen molar-refractivity contribution in [3.8, 4) is 0 Å². The molecule has 1 aliphatic rings. The van der Waals surface area contributed by atoms with Crippen molar-refractivity contribution in [2.24, 2.45) is 0 Å². The van der Waals surface area contributed by atoms with Gasteiger partial charge in [0.2, 0.25) is 5.91 Å². The molecular formula is C33H33N3O4. The first-order valence-corrected chi connectivity index (χ1v) is 13.4. The van der Waals surface area contributed by atoms with E-state index in [9.17, 15) is 14.4 Å². The van der Waals surface area contributed by atoms with Crippen molar-refractivity contribution >= 4 is 34.5 Å². The standard InChI is InChI=1S/C33H33N3O4/c1-22(2)16-25(20-31(37)36-28(21-40-33(36)39)17-23-10-6-4-7-11-23)24-14-15-29-26(18-24)19-30(34-29)32(38)35(3)27-12-8-5-9-13-27/h4-15,18-19,25,28,34H,1,16-17,20-21H2,2-3H3/t25-,28-/m1/s1. The third-order valence-corrected chi connectivity index (χ3v) is 7.35. The number of benzene rings is 3. The molecule has 0 radical (unpaired) electrons. The molecule has 1 N–H and O–H groups in total. The molecule has 0 bridgehead atoms. The van der Waals surface area contributed by atoms with Crippen LogP contribution in [0.1, 0.15) is 47.3 Å². The zero-order chi connectivity index (χ0) is 28.2. The fourth-order valence-corrected chi connectivity index (χ4v) is 5.31. The summed E-state index contributed by atoms with van der Waals surface area (Å²) in [5.41, 5.74) is 5.05. The predicted octanol–water partition coefficient (Wildman–Crippen LogP) is 6.47. The van der Waals surface area contributed by atoms with Gasteiger partial charge >= 0.3 is 6.09 Å². The number of anilines is 1. The smallest absolute Gasteiger partial charge is 0.416 e. The lowest BCUT2D eigenvalue weighted by Gasteiger charge is -2.23. The van der Waals surface area contributed by atoms with Crippen molar-refractivity contribution < 1.29 is 19.1 Å². The predicted molar refractivity (Wildman–Crippen MR) is 156 cm³/mol. The van der Waals surface area contributed by atoms with Gasteiger partial charge in [-0.1, -0.05) is 60.2 Å². The van der Waals surface area contributed by atoms with Crippen LogP contribution in [0.5, 0.6) is 0 Å². The Balaban J connectivity index is 1.36. The number of imide groups is 1. The number of hydrogen-bond donors (Lipinski definition) is 1.